The summed E-state index contributed by atoms with van der Waals surface area (Å²) in [7, 11) is 0. The highest BCUT2D eigenvalue weighted by atomic mass is 16.5. The lowest BCUT2D eigenvalue weighted by molar-refractivity contribution is 0.208. The summed E-state index contributed by atoms with van der Waals surface area (Å²) in [6, 6.07) is 3.81. The van der Waals surface area contributed by atoms with Gasteiger partial charge in [-0.2, -0.15) is 4.98 Å². The molecule has 1 saturated carbocycles. The van der Waals surface area contributed by atoms with Gasteiger partial charge in [0.15, 0.2) is 0 Å². The topological polar surface area (TPSA) is 71.6 Å². The SMILES string of the molecule is Nc1ccc(N2CCCC(CO)C2)nc1OCC1CC1. The molecule has 110 valence electrons. The molecule has 5 nitrogen and oxygen atoms in total. The molecule has 1 aliphatic heterocycles. The van der Waals surface area contributed by atoms with Crippen molar-refractivity contribution in [3.05, 3.63) is 12.1 Å². The van der Waals surface area contributed by atoms with Crippen molar-refractivity contribution in [1.82, 2.24) is 4.98 Å². The van der Waals surface area contributed by atoms with Crippen LogP contribution in [-0.2, 0) is 0 Å². The minimum absolute atomic E-state index is 0.247. The van der Waals surface area contributed by atoms with E-state index in [-0.39, 0.29) is 6.61 Å². The van der Waals surface area contributed by atoms with Gasteiger partial charge in [0.1, 0.15) is 5.82 Å². The molecule has 1 atom stereocenters. The van der Waals surface area contributed by atoms with Crippen molar-refractivity contribution in [3.63, 3.8) is 0 Å². The fourth-order valence-electron chi connectivity index (χ4n) is 2.64. The van der Waals surface area contributed by atoms with E-state index >= 15 is 0 Å². The highest BCUT2D eigenvalue weighted by Crippen LogP contribution is 2.31. The molecule has 5 heteroatoms. The summed E-state index contributed by atoms with van der Waals surface area (Å²) in [5.74, 6) is 2.50. The number of ether oxygens (including phenoxy) is 1. The van der Waals surface area contributed by atoms with Crippen LogP contribution >= 0.6 is 0 Å². The van der Waals surface area contributed by atoms with Gasteiger partial charge in [-0.1, -0.05) is 0 Å². The van der Waals surface area contributed by atoms with Crippen LogP contribution in [0, 0.1) is 11.8 Å². The summed E-state index contributed by atoms with van der Waals surface area (Å²) in [5.41, 5.74) is 6.54. The van der Waals surface area contributed by atoms with E-state index in [0.29, 0.717) is 23.4 Å². The van der Waals surface area contributed by atoms with Crippen LogP contribution in [0.3, 0.4) is 0 Å². The third kappa shape index (κ3) is 3.15. The zero-order chi connectivity index (χ0) is 13.9. The number of anilines is 2. The number of aliphatic hydroxyl groups excluding tert-OH is 1. The Kier molecular flexibility index (Phi) is 3.96. The Hall–Kier alpha value is -1.49. The van der Waals surface area contributed by atoms with Gasteiger partial charge in [-0.3, -0.25) is 0 Å². The van der Waals surface area contributed by atoms with Crippen LogP contribution in [0.1, 0.15) is 25.7 Å². The Morgan fingerprint density at radius 1 is 1.30 bits per heavy atom. The molecule has 3 rings (SSSR count). The van der Waals surface area contributed by atoms with Gasteiger partial charge in [0.2, 0.25) is 5.88 Å². The monoisotopic (exact) mass is 277 g/mol. The summed E-state index contributed by atoms with van der Waals surface area (Å²) in [4.78, 5) is 6.78. The molecule has 2 fully saturated rings. The lowest BCUT2D eigenvalue weighted by Gasteiger charge is -2.32. The van der Waals surface area contributed by atoms with E-state index in [0.717, 1.165) is 38.4 Å². The predicted molar refractivity (Wildman–Crippen MR) is 78.9 cm³/mol. The van der Waals surface area contributed by atoms with Gasteiger partial charge in [-0.15, -0.1) is 0 Å². The molecule has 2 heterocycles. The Labute approximate surface area is 119 Å². The second-order valence-electron chi connectivity index (χ2n) is 5.96. The fourth-order valence-corrected chi connectivity index (χ4v) is 2.64. The minimum atomic E-state index is 0.247. The first-order valence-corrected chi connectivity index (χ1v) is 7.51. The predicted octanol–water partition coefficient (Wildman–Crippen LogP) is 1.66. The maximum Gasteiger partial charge on any atom is 0.239 e. The van der Waals surface area contributed by atoms with E-state index in [1.807, 2.05) is 12.1 Å². The van der Waals surface area contributed by atoms with Gasteiger partial charge in [-0.25, -0.2) is 0 Å². The van der Waals surface area contributed by atoms with E-state index in [1.54, 1.807) is 0 Å². The van der Waals surface area contributed by atoms with Crippen molar-refractivity contribution in [2.75, 3.05) is 36.9 Å². The largest absolute Gasteiger partial charge is 0.476 e. The second-order valence-corrected chi connectivity index (χ2v) is 5.96. The van der Waals surface area contributed by atoms with Crippen molar-refractivity contribution in [3.8, 4) is 5.88 Å². The number of piperidine rings is 1. The maximum atomic E-state index is 9.31. The van der Waals surface area contributed by atoms with E-state index in [2.05, 4.69) is 9.88 Å². The zero-order valence-electron chi connectivity index (χ0n) is 11.8. The number of pyridine rings is 1. The molecule has 0 aromatic carbocycles. The molecular formula is C15H23N3O2. The normalized spacial score (nSPS) is 22.9. The Morgan fingerprint density at radius 3 is 2.90 bits per heavy atom. The molecule has 1 aromatic heterocycles. The maximum absolute atomic E-state index is 9.31. The van der Waals surface area contributed by atoms with Crippen LogP contribution in [0.15, 0.2) is 12.1 Å². The molecule has 2 aliphatic rings. The third-order valence-electron chi connectivity index (χ3n) is 4.13. The van der Waals surface area contributed by atoms with E-state index in [4.69, 9.17) is 10.5 Å². The van der Waals surface area contributed by atoms with Crippen LogP contribution in [-0.4, -0.2) is 36.4 Å². The highest BCUT2D eigenvalue weighted by molar-refractivity contribution is 5.54. The molecule has 3 N–H and O–H groups in total. The van der Waals surface area contributed by atoms with Crippen LogP contribution in [0.4, 0.5) is 11.5 Å². The average molecular weight is 277 g/mol. The molecule has 0 amide bonds. The fraction of sp³-hybridized carbons (Fsp3) is 0.667. The number of hydrogen-bond donors (Lipinski definition) is 2. The second kappa shape index (κ2) is 5.87. The lowest BCUT2D eigenvalue weighted by atomic mass is 9.99. The Balaban J connectivity index is 1.70. The van der Waals surface area contributed by atoms with Gasteiger partial charge in [0.25, 0.3) is 0 Å². The summed E-state index contributed by atoms with van der Waals surface area (Å²) < 4.78 is 5.73. The number of rotatable bonds is 5. The molecule has 1 aromatic rings. The van der Waals surface area contributed by atoms with Gasteiger partial charge >= 0.3 is 0 Å². The van der Waals surface area contributed by atoms with Crippen LogP contribution < -0.4 is 15.4 Å². The van der Waals surface area contributed by atoms with Crippen molar-refractivity contribution in [2.45, 2.75) is 25.7 Å². The summed E-state index contributed by atoms with van der Waals surface area (Å²) >= 11 is 0. The number of aromatic nitrogens is 1. The number of aliphatic hydroxyl groups is 1. The molecule has 1 unspecified atom stereocenters. The van der Waals surface area contributed by atoms with Gasteiger partial charge < -0.3 is 20.5 Å². The first kappa shape index (κ1) is 13.5. The first-order chi connectivity index (χ1) is 9.76. The van der Waals surface area contributed by atoms with E-state index < -0.39 is 0 Å². The first-order valence-electron chi connectivity index (χ1n) is 7.51. The van der Waals surface area contributed by atoms with Crippen molar-refractivity contribution in [1.29, 1.82) is 0 Å². The Bertz CT molecular complexity index is 462. The number of hydrogen-bond acceptors (Lipinski definition) is 5. The van der Waals surface area contributed by atoms with Gasteiger partial charge in [-0.05, 0) is 49.7 Å². The molecule has 1 saturated heterocycles. The summed E-state index contributed by atoms with van der Waals surface area (Å²) in [6.45, 7) is 2.81. The van der Waals surface area contributed by atoms with Gasteiger partial charge in [0.05, 0.1) is 12.3 Å². The highest BCUT2D eigenvalue weighted by Gasteiger charge is 2.24. The molecule has 1 aliphatic carbocycles. The van der Waals surface area contributed by atoms with Crippen LogP contribution in [0.5, 0.6) is 5.88 Å². The summed E-state index contributed by atoms with van der Waals surface area (Å²) in [6.07, 6.45) is 4.69. The van der Waals surface area contributed by atoms with Crippen molar-refractivity contribution >= 4 is 11.5 Å². The van der Waals surface area contributed by atoms with Crippen molar-refractivity contribution < 1.29 is 9.84 Å². The minimum Gasteiger partial charge on any atom is -0.476 e. The van der Waals surface area contributed by atoms with E-state index in [9.17, 15) is 5.11 Å². The van der Waals surface area contributed by atoms with Crippen LogP contribution in [0.2, 0.25) is 0 Å². The molecular weight excluding hydrogens is 254 g/mol. The number of nitrogens with zero attached hydrogens (tertiary/aromatic N) is 2. The molecule has 0 spiro atoms. The third-order valence-corrected chi connectivity index (χ3v) is 4.13. The molecule has 0 bridgehead atoms. The summed E-state index contributed by atoms with van der Waals surface area (Å²) in [5, 5.41) is 9.31. The zero-order valence-corrected chi connectivity index (χ0v) is 11.8. The average Bonchev–Trinajstić information content (AvgIpc) is 3.31. The smallest absolute Gasteiger partial charge is 0.239 e. The quantitative estimate of drug-likeness (QED) is 0.856. The Morgan fingerprint density at radius 2 is 2.15 bits per heavy atom. The number of nitrogens with two attached hydrogens (primary N) is 1. The molecule has 20 heavy (non-hydrogen) atoms. The van der Waals surface area contributed by atoms with Crippen LogP contribution in [0.25, 0.3) is 0 Å². The number of nitrogen functional groups attached to an aromatic ring is 1. The van der Waals surface area contributed by atoms with Crippen molar-refractivity contribution in [2.24, 2.45) is 11.8 Å². The van der Waals surface area contributed by atoms with E-state index in [1.165, 1.54) is 12.8 Å². The standard InChI is InChI=1S/C15H23N3O2/c16-13-5-6-14(17-15(13)20-10-11-3-4-11)18-7-1-2-12(8-18)9-19/h5-6,11-12,19H,1-4,7-10,16H2. The molecule has 0 radical (unpaired) electrons. The lowest BCUT2D eigenvalue weighted by Crippen LogP contribution is -2.37. The van der Waals surface area contributed by atoms with Gasteiger partial charge in [0, 0.05) is 19.7 Å².